The van der Waals surface area contributed by atoms with Gasteiger partial charge in [0, 0.05) is 30.9 Å². The van der Waals surface area contributed by atoms with E-state index in [1.807, 2.05) is 45.2 Å². The van der Waals surface area contributed by atoms with Crippen LogP contribution in [0.1, 0.15) is 50.7 Å². The second-order valence-corrected chi connectivity index (χ2v) is 9.64. The number of anilines is 2. The summed E-state index contributed by atoms with van der Waals surface area (Å²) in [4.78, 5) is 29.8. The third kappa shape index (κ3) is 4.27. The zero-order chi connectivity index (χ0) is 23.9. The molecule has 0 aliphatic carbocycles. The minimum absolute atomic E-state index is 0.242. The van der Waals surface area contributed by atoms with Crippen LogP contribution in [-0.4, -0.2) is 49.6 Å². The van der Waals surface area contributed by atoms with Crippen molar-refractivity contribution in [2.75, 3.05) is 18.4 Å². The fourth-order valence-electron chi connectivity index (χ4n) is 4.42. The van der Waals surface area contributed by atoms with Gasteiger partial charge in [-0.15, -0.1) is 0 Å². The summed E-state index contributed by atoms with van der Waals surface area (Å²) < 4.78 is 5.51. The van der Waals surface area contributed by atoms with Crippen LogP contribution in [0.2, 0.25) is 0 Å². The zero-order valence-electron chi connectivity index (χ0n) is 19.5. The van der Waals surface area contributed by atoms with Crippen molar-refractivity contribution in [3.05, 3.63) is 47.9 Å². The normalized spacial score (nSPS) is 14.9. The molecule has 1 saturated heterocycles. The van der Waals surface area contributed by atoms with E-state index in [0.717, 1.165) is 34.9 Å². The summed E-state index contributed by atoms with van der Waals surface area (Å²) in [6.45, 7) is 7.00. The average Bonchev–Trinajstić information content (AvgIpc) is 3.41. The smallest absolute Gasteiger partial charge is 0.410 e. The molecule has 9 nitrogen and oxygen atoms in total. The summed E-state index contributed by atoms with van der Waals surface area (Å²) in [6.07, 6.45) is 7.00. The van der Waals surface area contributed by atoms with Gasteiger partial charge in [0.1, 0.15) is 23.1 Å². The van der Waals surface area contributed by atoms with Gasteiger partial charge < -0.3 is 24.9 Å². The Morgan fingerprint density at radius 2 is 2.03 bits per heavy atom. The van der Waals surface area contributed by atoms with Gasteiger partial charge in [-0.3, -0.25) is 4.98 Å². The third-order valence-corrected chi connectivity index (χ3v) is 6.06. The van der Waals surface area contributed by atoms with E-state index in [9.17, 15) is 4.79 Å². The quantitative estimate of drug-likeness (QED) is 0.390. The Labute approximate surface area is 197 Å². The van der Waals surface area contributed by atoms with Crippen LogP contribution in [0.4, 0.5) is 16.3 Å². The van der Waals surface area contributed by atoms with Crippen molar-refractivity contribution in [3.8, 4) is 6.07 Å². The van der Waals surface area contributed by atoms with Crippen molar-refractivity contribution in [2.45, 2.75) is 45.1 Å². The maximum atomic E-state index is 12.4. The van der Waals surface area contributed by atoms with E-state index in [4.69, 9.17) is 15.0 Å². The summed E-state index contributed by atoms with van der Waals surface area (Å²) in [7, 11) is 0. The van der Waals surface area contributed by atoms with E-state index in [0.29, 0.717) is 36.0 Å². The lowest BCUT2D eigenvalue weighted by atomic mass is 9.90. The van der Waals surface area contributed by atoms with Crippen molar-refractivity contribution in [2.24, 2.45) is 0 Å². The number of amides is 1. The molecular formula is C25H27N7O2. The van der Waals surface area contributed by atoms with Crippen molar-refractivity contribution >= 4 is 39.7 Å². The van der Waals surface area contributed by atoms with Crippen molar-refractivity contribution < 1.29 is 9.53 Å². The van der Waals surface area contributed by atoms with Gasteiger partial charge in [0.25, 0.3) is 0 Å². The molecule has 3 N–H and O–H groups in total. The SMILES string of the molecule is CC(C)(C)OC(=O)N1CCC(c2c[nH]c3cc(Nc4ccc5c(C#N)c[nH]c5n4)cnc23)CC1. The number of rotatable bonds is 3. The second kappa shape index (κ2) is 8.37. The first-order valence-corrected chi connectivity index (χ1v) is 11.4. The van der Waals surface area contributed by atoms with Crippen molar-refractivity contribution in [3.63, 3.8) is 0 Å². The monoisotopic (exact) mass is 457 g/mol. The number of likely N-dealkylation sites (tertiary alicyclic amines) is 1. The van der Waals surface area contributed by atoms with Crippen LogP contribution in [0, 0.1) is 11.3 Å². The molecule has 0 aromatic carbocycles. The standard InChI is InChI=1S/C25H27N7O2/c1-25(2,3)34-24(33)32-8-6-15(7-9-32)19-14-27-20-10-17(13-28-22(19)20)30-21-5-4-18-16(11-26)12-29-23(18)31-21/h4-5,10,12-15,27H,6-9H2,1-3H3,(H2,29,30,31). The van der Waals surface area contributed by atoms with Gasteiger partial charge in [-0.05, 0) is 63.3 Å². The second-order valence-electron chi connectivity index (χ2n) is 9.64. The number of aromatic amines is 2. The molecule has 174 valence electrons. The summed E-state index contributed by atoms with van der Waals surface area (Å²) in [5.41, 5.74) is 4.65. The lowest BCUT2D eigenvalue weighted by Crippen LogP contribution is -2.41. The van der Waals surface area contributed by atoms with Gasteiger partial charge >= 0.3 is 6.09 Å². The molecule has 0 radical (unpaired) electrons. The van der Waals surface area contributed by atoms with Crippen LogP contribution in [-0.2, 0) is 4.74 Å². The van der Waals surface area contributed by atoms with Crippen molar-refractivity contribution in [1.82, 2.24) is 24.8 Å². The van der Waals surface area contributed by atoms with E-state index < -0.39 is 5.60 Å². The highest BCUT2D eigenvalue weighted by Crippen LogP contribution is 2.33. The molecule has 0 bridgehead atoms. The van der Waals surface area contributed by atoms with E-state index in [1.165, 1.54) is 5.56 Å². The number of piperidine rings is 1. The molecule has 4 aromatic rings. The summed E-state index contributed by atoms with van der Waals surface area (Å²) >= 11 is 0. The van der Waals surface area contributed by atoms with Crippen molar-refractivity contribution in [1.29, 1.82) is 5.26 Å². The maximum absolute atomic E-state index is 12.4. The number of hydrogen-bond donors (Lipinski definition) is 3. The summed E-state index contributed by atoms with van der Waals surface area (Å²) in [5, 5.41) is 13.2. The zero-order valence-corrected chi connectivity index (χ0v) is 19.5. The molecule has 1 fully saturated rings. The minimum atomic E-state index is -0.483. The Hall–Kier alpha value is -4.06. The number of carbonyl (C=O) groups excluding carboxylic acids is 1. The Morgan fingerprint density at radius 1 is 1.24 bits per heavy atom. The van der Waals surface area contributed by atoms with E-state index in [2.05, 4.69) is 26.3 Å². The van der Waals surface area contributed by atoms with Crippen LogP contribution in [0.5, 0.6) is 0 Å². The number of nitrogens with zero attached hydrogens (tertiary/aromatic N) is 4. The van der Waals surface area contributed by atoms with Gasteiger partial charge in [0.05, 0.1) is 28.5 Å². The van der Waals surface area contributed by atoms with Gasteiger partial charge in [0.15, 0.2) is 0 Å². The lowest BCUT2D eigenvalue weighted by Gasteiger charge is -2.33. The first-order valence-electron chi connectivity index (χ1n) is 11.4. The van der Waals surface area contributed by atoms with Crippen LogP contribution in [0.15, 0.2) is 36.8 Å². The topological polar surface area (TPSA) is 123 Å². The van der Waals surface area contributed by atoms with Gasteiger partial charge in [-0.1, -0.05) is 0 Å². The maximum Gasteiger partial charge on any atom is 0.410 e. The summed E-state index contributed by atoms with van der Waals surface area (Å²) in [5.74, 6) is 1.01. The first-order chi connectivity index (χ1) is 16.3. The molecule has 5 rings (SSSR count). The van der Waals surface area contributed by atoms with Crippen LogP contribution >= 0.6 is 0 Å². The van der Waals surface area contributed by atoms with Gasteiger partial charge in [0.2, 0.25) is 0 Å². The van der Waals surface area contributed by atoms with Crippen LogP contribution < -0.4 is 5.32 Å². The highest BCUT2D eigenvalue weighted by atomic mass is 16.6. The fraction of sp³-hybridized carbons (Fsp3) is 0.360. The number of hydrogen-bond acceptors (Lipinski definition) is 6. The van der Waals surface area contributed by atoms with E-state index in [-0.39, 0.29) is 6.09 Å². The summed E-state index contributed by atoms with van der Waals surface area (Å²) in [6, 6.07) is 7.89. The number of H-pyrrole nitrogens is 2. The number of carbonyl (C=O) groups is 1. The number of pyridine rings is 2. The Kier molecular flexibility index (Phi) is 5.36. The number of nitrogens with one attached hydrogen (secondary N) is 3. The minimum Gasteiger partial charge on any atom is -0.444 e. The largest absolute Gasteiger partial charge is 0.444 e. The molecule has 0 atom stereocenters. The predicted molar refractivity (Wildman–Crippen MR) is 130 cm³/mol. The van der Waals surface area contributed by atoms with E-state index >= 15 is 0 Å². The molecule has 1 aliphatic heterocycles. The number of aromatic nitrogens is 4. The lowest BCUT2D eigenvalue weighted by molar-refractivity contribution is 0.0205. The number of ether oxygens (including phenoxy) is 1. The fourth-order valence-corrected chi connectivity index (χ4v) is 4.42. The molecule has 0 saturated carbocycles. The van der Waals surface area contributed by atoms with Gasteiger partial charge in [-0.25, -0.2) is 9.78 Å². The Bertz CT molecular complexity index is 1400. The molecular weight excluding hydrogens is 430 g/mol. The third-order valence-electron chi connectivity index (χ3n) is 6.06. The Morgan fingerprint density at radius 3 is 2.76 bits per heavy atom. The van der Waals surface area contributed by atoms with Crippen LogP contribution in [0.25, 0.3) is 22.1 Å². The number of nitriles is 1. The molecule has 0 spiro atoms. The number of fused-ring (bicyclic) bond motifs is 2. The Balaban J connectivity index is 1.28. The highest BCUT2D eigenvalue weighted by molar-refractivity contribution is 5.85. The first kappa shape index (κ1) is 21.8. The molecule has 34 heavy (non-hydrogen) atoms. The predicted octanol–water partition coefficient (Wildman–Crippen LogP) is 5.17. The molecule has 0 unspecified atom stereocenters. The van der Waals surface area contributed by atoms with E-state index in [1.54, 1.807) is 17.3 Å². The molecule has 5 heterocycles. The molecule has 1 amide bonds. The highest BCUT2D eigenvalue weighted by Gasteiger charge is 2.28. The van der Waals surface area contributed by atoms with Crippen LogP contribution in [0.3, 0.4) is 0 Å². The molecule has 9 heteroatoms. The average molecular weight is 458 g/mol. The molecule has 1 aliphatic rings. The molecule has 4 aromatic heterocycles. The van der Waals surface area contributed by atoms with Gasteiger partial charge in [-0.2, -0.15) is 5.26 Å².